The summed E-state index contributed by atoms with van der Waals surface area (Å²) in [7, 11) is 0. The average molecular weight is 340 g/mol. The average Bonchev–Trinajstić information content (AvgIpc) is 2.62. The van der Waals surface area contributed by atoms with Gasteiger partial charge in [0.1, 0.15) is 5.75 Å². The summed E-state index contributed by atoms with van der Waals surface area (Å²) >= 11 is 6.24. The highest BCUT2D eigenvalue weighted by molar-refractivity contribution is 6.32. The van der Waals surface area contributed by atoms with E-state index in [2.05, 4.69) is 15.3 Å². The van der Waals surface area contributed by atoms with Gasteiger partial charge in [0.25, 0.3) is 5.91 Å². The molecule has 0 saturated carbocycles. The van der Waals surface area contributed by atoms with Gasteiger partial charge in [0.05, 0.1) is 5.02 Å². The Morgan fingerprint density at radius 1 is 1.00 bits per heavy atom. The van der Waals surface area contributed by atoms with Crippen LogP contribution < -0.4 is 10.1 Å². The molecule has 1 N–H and O–H groups in total. The van der Waals surface area contributed by atoms with Crippen molar-refractivity contribution in [3.05, 3.63) is 72.0 Å². The van der Waals surface area contributed by atoms with Gasteiger partial charge in [-0.3, -0.25) is 10.1 Å². The fraction of sp³-hybridized carbons (Fsp3) is 0.0556. The number of nitrogens with one attached hydrogen (secondary N) is 1. The molecular weight excluding hydrogens is 326 g/mol. The summed E-state index contributed by atoms with van der Waals surface area (Å²) in [6.45, 7) is -0.178. The number of benzene rings is 2. The molecule has 0 spiro atoms. The molecule has 5 nitrogen and oxygen atoms in total. The number of hydrogen-bond acceptors (Lipinski definition) is 4. The number of ether oxygens (including phenoxy) is 1. The van der Waals surface area contributed by atoms with E-state index in [1.807, 2.05) is 42.5 Å². The number of nitrogens with zero attached hydrogens (tertiary/aromatic N) is 2. The van der Waals surface area contributed by atoms with E-state index >= 15 is 0 Å². The van der Waals surface area contributed by atoms with Gasteiger partial charge in [-0.05, 0) is 29.3 Å². The minimum Gasteiger partial charge on any atom is -0.482 e. The maximum Gasteiger partial charge on any atom is 0.264 e. The topological polar surface area (TPSA) is 64.1 Å². The number of amides is 1. The van der Waals surface area contributed by atoms with E-state index in [0.29, 0.717) is 10.8 Å². The molecule has 0 aliphatic rings. The normalized spacial score (nSPS) is 10.2. The Morgan fingerprint density at radius 2 is 1.75 bits per heavy atom. The summed E-state index contributed by atoms with van der Waals surface area (Å²) in [5.74, 6) is 0.321. The molecule has 24 heavy (non-hydrogen) atoms. The zero-order valence-electron chi connectivity index (χ0n) is 12.6. The van der Waals surface area contributed by atoms with Crippen molar-refractivity contribution in [3.8, 4) is 16.9 Å². The predicted octanol–water partition coefficient (Wildman–Crippen LogP) is 3.81. The van der Waals surface area contributed by atoms with Crippen LogP contribution in [0.2, 0.25) is 5.02 Å². The zero-order valence-corrected chi connectivity index (χ0v) is 13.4. The minimum absolute atomic E-state index is 0.178. The lowest BCUT2D eigenvalue weighted by molar-refractivity contribution is -0.118. The number of aromatic nitrogens is 2. The van der Waals surface area contributed by atoms with Crippen molar-refractivity contribution in [1.29, 1.82) is 0 Å². The lowest BCUT2D eigenvalue weighted by Gasteiger charge is -2.09. The number of rotatable bonds is 5. The molecule has 0 fully saturated rings. The highest BCUT2D eigenvalue weighted by Crippen LogP contribution is 2.30. The highest BCUT2D eigenvalue weighted by atomic mass is 35.5. The standard InChI is InChI=1S/C18H14ClN3O2/c19-15-11-14(13-5-2-1-3-6-13)7-8-16(15)24-12-17(23)22-18-20-9-4-10-21-18/h1-11H,12H2,(H,20,21,22,23). The van der Waals surface area contributed by atoms with Crippen molar-refractivity contribution in [3.63, 3.8) is 0 Å². The van der Waals surface area contributed by atoms with Crippen molar-refractivity contribution in [2.75, 3.05) is 11.9 Å². The van der Waals surface area contributed by atoms with Crippen LogP contribution >= 0.6 is 11.6 Å². The Bertz CT molecular complexity index is 826. The van der Waals surface area contributed by atoms with E-state index in [0.717, 1.165) is 11.1 Å². The van der Waals surface area contributed by atoms with Gasteiger partial charge in [0, 0.05) is 12.4 Å². The maximum atomic E-state index is 11.8. The molecule has 0 bridgehead atoms. The van der Waals surface area contributed by atoms with Crippen molar-refractivity contribution in [1.82, 2.24) is 9.97 Å². The van der Waals surface area contributed by atoms with Crippen LogP contribution in [0.4, 0.5) is 5.95 Å². The third kappa shape index (κ3) is 4.08. The van der Waals surface area contributed by atoms with Gasteiger partial charge in [-0.2, -0.15) is 0 Å². The number of carbonyl (C=O) groups excluding carboxylic acids is 1. The van der Waals surface area contributed by atoms with Crippen LogP contribution in [-0.4, -0.2) is 22.5 Å². The molecule has 0 aliphatic heterocycles. The van der Waals surface area contributed by atoms with Gasteiger partial charge in [-0.15, -0.1) is 0 Å². The highest BCUT2D eigenvalue weighted by Gasteiger charge is 2.08. The molecule has 0 radical (unpaired) electrons. The van der Waals surface area contributed by atoms with E-state index in [4.69, 9.17) is 16.3 Å². The van der Waals surface area contributed by atoms with Crippen LogP contribution in [0, 0.1) is 0 Å². The second-order valence-corrected chi connectivity index (χ2v) is 5.33. The van der Waals surface area contributed by atoms with Gasteiger partial charge in [0.15, 0.2) is 6.61 Å². The fourth-order valence-corrected chi connectivity index (χ4v) is 2.33. The molecule has 120 valence electrons. The van der Waals surface area contributed by atoms with Gasteiger partial charge >= 0.3 is 0 Å². The van der Waals surface area contributed by atoms with Crippen molar-refractivity contribution in [2.45, 2.75) is 0 Å². The fourth-order valence-electron chi connectivity index (χ4n) is 2.10. The Kier molecular flexibility index (Phi) is 5.03. The smallest absolute Gasteiger partial charge is 0.264 e. The maximum absolute atomic E-state index is 11.8. The summed E-state index contributed by atoms with van der Waals surface area (Å²) in [4.78, 5) is 19.6. The third-order valence-electron chi connectivity index (χ3n) is 3.21. The molecule has 0 saturated heterocycles. The molecule has 3 rings (SSSR count). The molecule has 2 aromatic carbocycles. The number of halogens is 1. The first-order valence-corrected chi connectivity index (χ1v) is 7.65. The van der Waals surface area contributed by atoms with Crippen LogP contribution in [0.15, 0.2) is 67.0 Å². The largest absolute Gasteiger partial charge is 0.482 e. The molecule has 1 amide bonds. The summed E-state index contributed by atoms with van der Waals surface area (Å²) in [6, 6.07) is 17.0. The first-order chi connectivity index (χ1) is 11.7. The number of anilines is 1. The Labute approximate surface area is 144 Å². The lowest BCUT2D eigenvalue weighted by Crippen LogP contribution is -2.21. The zero-order chi connectivity index (χ0) is 16.8. The minimum atomic E-state index is -0.357. The van der Waals surface area contributed by atoms with E-state index in [9.17, 15) is 4.79 Å². The quantitative estimate of drug-likeness (QED) is 0.767. The number of hydrogen-bond donors (Lipinski definition) is 1. The van der Waals surface area contributed by atoms with E-state index in [1.165, 1.54) is 0 Å². The Hall–Kier alpha value is -2.92. The van der Waals surface area contributed by atoms with E-state index < -0.39 is 0 Å². The molecule has 1 aromatic heterocycles. The molecule has 0 aliphatic carbocycles. The van der Waals surface area contributed by atoms with Crippen LogP contribution in [0.5, 0.6) is 5.75 Å². The molecule has 3 aromatic rings. The summed E-state index contributed by atoms with van der Waals surface area (Å²) in [6.07, 6.45) is 3.09. The first-order valence-electron chi connectivity index (χ1n) is 7.27. The van der Waals surface area contributed by atoms with Crippen molar-refractivity contribution in [2.24, 2.45) is 0 Å². The van der Waals surface area contributed by atoms with Gasteiger partial charge in [-0.25, -0.2) is 9.97 Å². The summed E-state index contributed by atoms with van der Waals surface area (Å²) in [5.41, 5.74) is 2.04. The second-order valence-electron chi connectivity index (χ2n) is 4.92. The van der Waals surface area contributed by atoms with Gasteiger partial charge in [0.2, 0.25) is 5.95 Å². The van der Waals surface area contributed by atoms with Crippen LogP contribution in [-0.2, 0) is 4.79 Å². The molecule has 6 heteroatoms. The molecule has 0 unspecified atom stereocenters. The monoisotopic (exact) mass is 339 g/mol. The molecule has 1 heterocycles. The first kappa shape index (κ1) is 16.0. The second kappa shape index (κ2) is 7.57. The van der Waals surface area contributed by atoms with Crippen LogP contribution in [0.25, 0.3) is 11.1 Å². The Morgan fingerprint density at radius 3 is 2.46 bits per heavy atom. The van der Waals surface area contributed by atoms with Gasteiger partial charge < -0.3 is 4.74 Å². The van der Waals surface area contributed by atoms with Crippen LogP contribution in [0.3, 0.4) is 0 Å². The summed E-state index contributed by atoms with van der Waals surface area (Å²) in [5, 5.41) is 2.98. The predicted molar refractivity (Wildman–Crippen MR) is 93.0 cm³/mol. The molecular formula is C18H14ClN3O2. The van der Waals surface area contributed by atoms with Crippen molar-refractivity contribution >= 4 is 23.5 Å². The van der Waals surface area contributed by atoms with E-state index in [1.54, 1.807) is 24.5 Å². The molecule has 0 atom stereocenters. The third-order valence-corrected chi connectivity index (χ3v) is 3.51. The lowest BCUT2D eigenvalue weighted by atomic mass is 10.1. The van der Waals surface area contributed by atoms with Gasteiger partial charge in [-0.1, -0.05) is 48.0 Å². The van der Waals surface area contributed by atoms with Crippen molar-refractivity contribution < 1.29 is 9.53 Å². The number of carbonyl (C=O) groups is 1. The Balaban J connectivity index is 1.62. The summed E-state index contributed by atoms with van der Waals surface area (Å²) < 4.78 is 5.46. The van der Waals surface area contributed by atoms with E-state index in [-0.39, 0.29) is 18.5 Å². The SMILES string of the molecule is O=C(COc1ccc(-c2ccccc2)cc1Cl)Nc1ncccn1. The van der Waals surface area contributed by atoms with Crippen LogP contribution in [0.1, 0.15) is 0 Å².